The van der Waals surface area contributed by atoms with E-state index in [1.807, 2.05) is 41.4 Å². The second-order valence-electron chi connectivity index (χ2n) is 9.06. The van der Waals surface area contributed by atoms with E-state index in [2.05, 4.69) is 20.3 Å². The summed E-state index contributed by atoms with van der Waals surface area (Å²) >= 11 is 0. The molecule has 11 heteroatoms. The highest BCUT2D eigenvalue weighted by Gasteiger charge is 2.40. The smallest absolute Gasteiger partial charge is 0.451 e. The first-order chi connectivity index (χ1) is 17.2. The molecule has 5 rings (SSSR count). The second-order valence-corrected chi connectivity index (χ2v) is 9.06. The number of hydrazine groups is 1. The van der Waals surface area contributed by atoms with Crippen molar-refractivity contribution in [3.8, 4) is 16.9 Å². The maximum Gasteiger partial charge on any atom is 0.451 e. The van der Waals surface area contributed by atoms with Gasteiger partial charge in [-0.2, -0.15) is 13.2 Å². The fourth-order valence-corrected chi connectivity index (χ4v) is 4.66. The summed E-state index contributed by atoms with van der Waals surface area (Å²) in [5.41, 5.74) is 21.3. The van der Waals surface area contributed by atoms with Gasteiger partial charge in [0.05, 0.1) is 19.0 Å². The summed E-state index contributed by atoms with van der Waals surface area (Å²) in [6, 6.07) is 11.7. The van der Waals surface area contributed by atoms with Crippen LogP contribution in [0.2, 0.25) is 0 Å². The average Bonchev–Trinajstić information content (AvgIpc) is 3.67. The molecule has 8 nitrogen and oxygen atoms in total. The molecule has 0 aliphatic carbocycles. The number of nitrogens with zero attached hydrogens (tertiary/aromatic N) is 4. The molecule has 36 heavy (non-hydrogen) atoms. The minimum atomic E-state index is -4.55. The Morgan fingerprint density at radius 1 is 1.14 bits per heavy atom. The number of fused-ring (bicyclic) bond motifs is 1. The number of anilines is 1. The molecule has 2 aliphatic heterocycles. The third-order valence-electron chi connectivity index (χ3n) is 6.73. The van der Waals surface area contributed by atoms with Crippen LogP contribution in [0.4, 0.5) is 18.9 Å². The molecule has 0 bridgehead atoms. The number of nitrogen functional groups attached to an aromatic ring is 1. The van der Waals surface area contributed by atoms with Crippen molar-refractivity contribution in [1.82, 2.24) is 25.3 Å². The first-order valence-electron chi connectivity index (χ1n) is 11.7. The van der Waals surface area contributed by atoms with Crippen LogP contribution in [0.25, 0.3) is 11.1 Å². The van der Waals surface area contributed by atoms with E-state index in [0.29, 0.717) is 17.0 Å². The summed E-state index contributed by atoms with van der Waals surface area (Å²) in [6.07, 6.45) is -0.667. The van der Waals surface area contributed by atoms with Gasteiger partial charge in [-0.3, -0.25) is 4.90 Å². The minimum Gasteiger partial charge on any atom is -0.495 e. The Hall–Kier alpha value is -3.25. The maximum atomic E-state index is 12.8. The van der Waals surface area contributed by atoms with Crippen molar-refractivity contribution in [2.24, 2.45) is 5.73 Å². The highest BCUT2D eigenvalue weighted by Crippen LogP contribution is 2.37. The van der Waals surface area contributed by atoms with Crippen molar-refractivity contribution in [3.05, 3.63) is 71.3 Å². The van der Waals surface area contributed by atoms with Gasteiger partial charge in [-0.1, -0.05) is 24.3 Å². The lowest BCUT2D eigenvalue weighted by atomic mass is 9.95. The zero-order valence-electron chi connectivity index (χ0n) is 19.8. The van der Waals surface area contributed by atoms with Gasteiger partial charge in [-0.25, -0.2) is 20.4 Å². The molecular weight excluding hydrogens is 471 g/mol. The van der Waals surface area contributed by atoms with Crippen molar-refractivity contribution < 1.29 is 17.9 Å². The number of nitrogens with one attached hydrogen (secondary N) is 1. The Kier molecular flexibility index (Phi) is 6.56. The highest BCUT2D eigenvalue weighted by molar-refractivity contribution is 5.63. The van der Waals surface area contributed by atoms with E-state index in [0.717, 1.165) is 49.2 Å². The van der Waals surface area contributed by atoms with Crippen molar-refractivity contribution in [1.29, 1.82) is 0 Å². The van der Waals surface area contributed by atoms with Gasteiger partial charge in [-0.05, 0) is 41.7 Å². The van der Waals surface area contributed by atoms with Gasteiger partial charge in [0.15, 0.2) is 0 Å². The van der Waals surface area contributed by atoms with Crippen molar-refractivity contribution in [2.75, 3.05) is 25.9 Å². The van der Waals surface area contributed by atoms with Crippen LogP contribution >= 0.6 is 0 Å². The monoisotopic (exact) mass is 499 g/mol. The molecule has 0 radical (unpaired) electrons. The van der Waals surface area contributed by atoms with Gasteiger partial charge in [0.25, 0.3) is 0 Å². The number of benzene rings is 2. The molecule has 2 aliphatic rings. The van der Waals surface area contributed by atoms with Gasteiger partial charge in [0, 0.05) is 43.2 Å². The molecule has 0 amide bonds. The zero-order chi connectivity index (χ0) is 25.4. The van der Waals surface area contributed by atoms with Crippen LogP contribution in [0, 0.1) is 0 Å². The molecule has 3 aromatic rings. The number of hydrogen-bond acceptors (Lipinski definition) is 8. The van der Waals surface area contributed by atoms with Crippen LogP contribution in [0.3, 0.4) is 0 Å². The molecule has 1 aromatic heterocycles. The lowest BCUT2D eigenvalue weighted by molar-refractivity contribution is -0.144. The molecule has 0 saturated carbocycles. The van der Waals surface area contributed by atoms with E-state index < -0.39 is 12.0 Å². The minimum absolute atomic E-state index is 0.0364. The molecule has 2 aromatic carbocycles. The van der Waals surface area contributed by atoms with Gasteiger partial charge in [0.2, 0.25) is 5.82 Å². The molecule has 190 valence electrons. The molecule has 5 N–H and O–H groups in total. The normalized spacial score (nSPS) is 20.6. The Labute approximate surface area is 207 Å². The molecule has 1 saturated heterocycles. The molecule has 3 unspecified atom stereocenters. The van der Waals surface area contributed by atoms with Crippen molar-refractivity contribution >= 4 is 5.69 Å². The maximum absolute atomic E-state index is 12.8. The lowest BCUT2D eigenvalue weighted by Crippen LogP contribution is -2.38. The fourth-order valence-electron chi connectivity index (χ4n) is 4.66. The van der Waals surface area contributed by atoms with E-state index >= 15 is 0 Å². The number of hydrogen-bond donors (Lipinski definition) is 3. The molecule has 3 heterocycles. The van der Waals surface area contributed by atoms with Crippen LogP contribution in [0.5, 0.6) is 5.75 Å². The summed E-state index contributed by atoms with van der Waals surface area (Å²) in [5.74, 6) is -0.493. The van der Waals surface area contributed by atoms with Gasteiger partial charge in [-0.15, -0.1) is 0 Å². The van der Waals surface area contributed by atoms with E-state index in [1.54, 1.807) is 7.11 Å². The first kappa shape index (κ1) is 24.4. The predicted molar refractivity (Wildman–Crippen MR) is 129 cm³/mol. The van der Waals surface area contributed by atoms with Crippen LogP contribution in [-0.4, -0.2) is 46.2 Å². The average molecular weight is 500 g/mol. The van der Waals surface area contributed by atoms with E-state index in [-0.39, 0.29) is 12.3 Å². The summed E-state index contributed by atoms with van der Waals surface area (Å²) in [5, 5.41) is 1.99. The summed E-state index contributed by atoms with van der Waals surface area (Å²) in [7, 11) is 1.59. The number of aromatic nitrogens is 2. The van der Waals surface area contributed by atoms with E-state index in [4.69, 9.17) is 16.2 Å². The SMILES string of the molecule is COc1cccc(C2NN2C(N)CCN2CCc3ccc(-c4cnc(C(F)(F)F)nc4)cc3C2)c1N. The van der Waals surface area contributed by atoms with Gasteiger partial charge < -0.3 is 16.2 Å². The van der Waals surface area contributed by atoms with Gasteiger partial charge >= 0.3 is 6.18 Å². The third-order valence-corrected chi connectivity index (χ3v) is 6.73. The highest BCUT2D eigenvalue weighted by atomic mass is 19.4. The van der Waals surface area contributed by atoms with Crippen LogP contribution in [-0.2, 0) is 19.1 Å². The number of halogens is 3. The van der Waals surface area contributed by atoms with Gasteiger partial charge in [0.1, 0.15) is 11.9 Å². The Morgan fingerprint density at radius 3 is 2.64 bits per heavy atom. The summed E-state index contributed by atoms with van der Waals surface area (Å²) < 4.78 is 43.6. The number of para-hydroxylation sites is 1. The van der Waals surface area contributed by atoms with Crippen LogP contribution in [0.1, 0.15) is 35.1 Å². The topological polar surface area (TPSA) is 115 Å². The molecule has 0 spiro atoms. The number of methoxy groups -OCH3 is 1. The van der Waals surface area contributed by atoms with Crippen LogP contribution in [0.15, 0.2) is 48.8 Å². The predicted octanol–water partition coefficient (Wildman–Crippen LogP) is 3.31. The fraction of sp³-hybridized carbons (Fsp3) is 0.360. The van der Waals surface area contributed by atoms with E-state index in [1.165, 1.54) is 18.0 Å². The number of ether oxygens (including phenoxy) is 1. The first-order valence-corrected chi connectivity index (χ1v) is 11.7. The van der Waals surface area contributed by atoms with Crippen molar-refractivity contribution in [2.45, 2.75) is 37.9 Å². The van der Waals surface area contributed by atoms with E-state index in [9.17, 15) is 13.2 Å². The largest absolute Gasteiger partial charge is 0.495 e. The Balaban J connectivity index is 1.19. The number of alkyl halides is 3. The number of nitrogens with two attached hydrogens (primary N) is 2. The molecule has 1 fully saturated rings. The number of rotatable bonds is 7. The standard InChI is InChI=1S/C25H28F3N7O/c1-36-20-4-2-3-19(22(20)30)23-33-35(23)21(29)8-10-34-9-7-15-5-6-16(11-17(15)14-34)18-12-31-24(32-13-18)25(26,27)28/h2-6,11-13,21,23,33H,7-10,14,29-30H2,1H3. The zero-order valence-corrected chi connectivity index (χ0v) is 19.8. The molecular formula is C25H28F3N7O. The Morgan fingerprint density at radius 2 is 1.92 bits per heavy atom. The quantitative estimate of drug-likeness (QED) is 0.335. The summed E-state index contributed by atoms with van der Waals surface area (Å²) in [6.45, 7) is 2.48. The third kappa shape index (κ3) is 5.00. The van der Waals surface area contributed by atoms with Crippen molar-refractivity contribution in [3.63, 3.8) is 0 Å². The Bertz CT molecular complexity index is 1240. The lowest BCUT2D eigenvalue weighted by Gasteiger charge is -2.30. The summed E-state index contributed by atoms with van der Waals surface area (Å²) in [4.78, 5) is 9.30. The molecule has 3 atom stereocenters. The second kappa shape index (κ2) is 9.66. The van der Waals surface area contributed by atoms with Crippen LogP contribution < -0.4 is 21.6 Å².